The average molecular weight is 289 g/mol. The Morgan fingerprint density at radius 2 is 1.86 bits per heavy atom. The normalized spacial score (nSPS) is 25.3. The van der Waals surface area contributed by atoms with Crippen molar-refractivity contribution in [3.8, 4) is 0 Å². The molecule has 7 nitrogen and oxygen atoms in total. The van der Waals surface area contributed by atoms with Gasteiger partial charge in [0.05, 0.1) is 11.0 Å². The van der Waals surface area contributed by atoms with Crippen LogP contribution in [0.25, 0.3) is 5.70 Å². The van der Waals surface area contributed by atoms with E-state index in [1.54, 1.807) is 0 Å². The van der Waals surface area contributed by atoms with E-state index in [1.165, 1.54) is 30.5 Å². The smallest absolute Gasteiger partial charge is 0.269 e. The van der Waals surface area contributed by atoms with Gasteiger partial charge in [-0.05, 0) is 25.0 Å². The van der Waals surface area contributed by atoms with Crippen LogP contribution >= 0.6 is 0 Å². The minimum absolute atomic E-state index is 0.0397. The van der Waals surface area contributed by atoms with Gasteiger partial charge in [-0.2, -0.15) is 0 Å². The molecule has 1 aliphatic carbocycles. The molecule has 1 aromatic carbocycles. The van der Waals surface area contributed by atoms with Gasteiger partial charge in [-0.15, -0.1) is 0 Å². The first-order valence-corrected chi connectivity index (χ1v) is 6.96. The van der Waals surface area contributed by atoms with Crippen molar-refractivity contribution in [3.63, 3.8) is 0 Å². The Bertz CT molecular complexity index is 611. The maximum absolute atomic E-state index is 12.5. The van der Waals surface area contributed by atoms with Crippen LogP contribution in [0.1, 0.15) is 31.2 Å². The molecular weight excluding hydrogens is 274 g/mol. The van der Waals surface area contributed by atoms with Crippen LogP contribution in [0.3, 0.4) is 0 Å². The van der Waals surface area contributed by atoms with E-state index in [1.807, 2.05) is 0 Å². The number of nitro groups is 1. The summed E-state index contributed by atoms with van der Waals surface area (Å²) in [6.07, 6.45) is 4.66. The molecule has 3 rings (SSSR count). The molecule has 1 aromatic rings. The van der Waals surface area contributed by atoms with E-state index in [4.69, 9.17) is 0 Å². The number of benzene rings is 1. The Morgan fingerprint density at radius 1 is 1.19 bits per heavy atom. The lowest BCUT2D eigenvalue weighted by molar-refractivity contribution is -0.536. The van der Waals surface area contributed by atoms with Gasteiger partial charge in [0.2, 0.25) is 12.2 Å². The zero-order chi connectivity index (χ0) is 15.0. The standard InChI is InChI=1S/C14H15N3O4/c18-15-9-14(10-5-7-11(8-6-10)17(20)21)16(19)13-4-2-1-3-12(13)15/h5-9,12-13H,1-4H2/t12-,13+/m1/s1. The molecule has 0 amide bonds. The van der Waals surface area contributed by atoms with E-state index in [9.17, 15) is 20.2 Å². The van der Waals surface area contributed by atoms with Gasteiger partial charge in [0.15, 0.2) is 0 Å². The third-order valence-electron chi connectivity index (χ3n) is 4.18. The number of nitroso groups, excluding NO2 is 1. The number of fused-ring (bicyclic) bond motifs is 1. The molecule has 1 heterocycles. The maximum atomic E-state index is 12.5. The Kier molecular flexibility index (Phi) is 3.42. The summed E-state index contributed by atoms with van der Waals surface area (Å²) in [6, 6.07) is 5.08. The van der Waals surface area contributed by atoms with Crippen LogP contribution in [-0.4, -0.2) is 26.8 Å². The van der Waals surface area contributed by atoms with Crippen molar-refractivity contribution < 1.29 is 9.68 Å². The first kappa shape index (κ1) is 13.7. The molecule has 0 aromatic heterocycles. The van der Waals surface area contributed by atoms with Gasteiger partial charge in [-0.25, -0.2) is 0 Å². The van der Waals surface area contributed by atoms with Gasteiger partial charge in [-0.3, -0.25) is 10.1 Å². The minimum atomic E-state index is -0.495. The predicted octanol–water partition coefficient (Wildman–Crippen LogP) is 2.80. The summed E-state index contributed by atoms with van der Waals surface area (Å²) >= 11 is 0. The molecule has 1 fully saturated rings. The van der Waals surface area contributed by atoms with Crippen molar-refractivity contribution in [1.82, 2.24) is 5.06 Å². The average Bonchev–Trinajstić information content (AvgIpc) is 2.51. The molecule has 0 bridgehead atoms. The van der Waals surface area contributed by atoms with Gasteiger partial charge < -0.3 is 10.3 Å². The summed E-state index contributed by atoms with van der Waals surface area (Å²) in [6.45, 7) is 0. The number of hydrogen-bond acceptors (Lipinski definition) is 5. The van der Waals surface area contributed by atoms with Crippen molar-refractivity contribution >= 4 is 11.4 Å². The second-order valence-corrected chi connectivity index (χ2v) is 5.42. The molecule has 0 unspecified atom stereocenters. The van der Waals surface area contributed by atoms with Crippen LogP contribution in [0.4, 0.5) is 5.69 Å². The summed E-state index contributed by atoms with van der Waals surface area (Å²) in [7, 11) is 0. The predicted molar refractivity (Wildman–Crippen MR) is 76.0 cm³/mol. The molecule has 7 heteroatoms. The highest BCUT2D eigenvalue weighted by Crippen LogP contribution is 2.34. The quantitative estimate of drug-likeness (QED) is 0.474. The van der Waals surface area contributed by atoms with Gasteiger partial charge in [0.25, 0.3) is 5.69 Å². The van der Waals surface area contributed by atoms with Gasteiger partial charge in [0, 0.05) is 33.8 Å². The molecular formula is C14H15N3O4. The van der Waals surface area contributed by atoms with E-state index >= 15 is 0 Å². The summed E-state index contributed by atoms with van der Waals surface area (Å²) in [4.78, 5) is 22.3. The van der Waals surface area contributed by atoms with Crippen LogP contribution in [0.5, 0.6) is 0 Å². The highest BCUT2D eigenvalue weighted by atomic mass is 16.6. The number of hydroxylamine groups is 2. The lowest BCUT2D eigenvalue weighted by Crippen LogP contribution is -2.49. The van der Waals surface area contributed by atoms with Gasteiger partial charge in [0.1, 0.15) is 5.70 Å². The van der Waals surface area contributed by atoms with Crippen molar-refractivity contribution in [2.45, 2.75) is 37.8 Å². The third-order valence-corrected chi connectivity index (χ3v) is 4.18. The van der Waals surface area contributed by atoms with E-state index in [0.717, 1.165) is 29.1 Å². The van der Waals surface area contributed by atoms with Crippen molar-refractivity contribution in [1.29, 1.82) is 0 Å². The lowest BCUT2D eigenvalue weighted by atomic mass is 9.88. The first-order valence-electron chi connectivity index (χ1n) is 6.96. The summed E-state index contributed by atoms with van der Waals surface area (Å²) in [5, 5.41) is 24.0. The lowest BCUT2D eigenvalue weighted by Gasteiger charge is -2.44. The monoisotopic (exact) mass is 289 g/mol. The number of non-ortho nitro benzene ring substituents is 1. The fourth-order valence-electron chi connectivity index (χ4n) is 3.07. The number of rotatable bonds is 2. The molecule has 110 valence electrons. The van der Waals surface area contributed by atoms with Crippen molar-refractivity contribution in [3.05, 3.63) is 56.3 Å². The highest BCUT2D eigenvalue weighted by molar-refractivity contribution is 5.65. The first-order chi connectivity index (χ1) is 10.1. The zero-order valence-electron chi connectivity index (χ0n) is 11.3. The second-order valence-electron chi connectivity index (χ2n) is 5.42. The van der Waals surface area contributed by atoms with Gasteiger partial charge >= 0.3 is 0 Å². The number of nitrogens with zero attached hydrogens (tertiary/aromatic N) is 3. The third kappa shape index (κ3) is 2.40. The van der Waals surface area contributed by atoms with Crippen LogP contribution < -0.4 is 0 Å². The fourth-order valence-corrected chi connectivity index (χ4v) is 3.07. The highest BCUT2D eigenvalue weighted by Gasteiger charge is 2.41. The summed E-state index contributed by atoms with van der Waals surface area (Å²) in [5.74, 6) is 0. The maximum Gasteiger partial charge on any atom is 0.269 e. The molecule has 0 spiro atoms. The second kappa shape index (κ2) is 5.25. The van der Waals surface area contributed by atoms with Crippen LogP contribution in [0.2, 0.25) is 0 Å². The topological polar surface area (TPSA) is 89.5 Å². The van der Waals surface area contributed by atoms with Gasteiger partial charge in [-0.1, -0.05) is 6.42 Å². The fraction of sp³-hybridized carbons (Fsp3) is 0.429. The molecule has 1 saturated carbocycles. The Labute approximate surface area is 121 Å². The van der Waals surface area contributed by atoms with E-state index in [2.05, 4.69) is 0 Å². The van der Waals surface area contributed by atoms with E-state index in [0.29, 0.717) is 12.0 Å². The largest absolute Gasteiger partial charge is 0.758 e. The van der Waals surface area contributed by atoms with Crippen molar-refractivity contribution in [2.75, 3.05) is 0 Å². The SMILES string of the molecule is O=[N+]([O-])c1ccc(C2=C[N+](=O)[C@@H]3CCCC[C@@H]3N2[O-])cc1. The Hall–Kier alpha value is -2.28. The molecule has 1 aliphatic heterocycles. The summed E-state index contributed by atoms with van der Waals surface area (Å²) < 4.78 is 0.870. The number of hydrogen-bond donors (Lipinski definition) is 0. The molecule has 0 N–H and O–H groups in total. The molecule has 0 radical (unpaired) electrons. The van der Waals surface area contributed by atoms with Crippen molar-refractivity contribution in [2.24, 2.45) is 0 Å². The van der Waals surface area contributed by atoms with E-state index < -0.39 is 4.92 Å². The Balaban J connectivity index is 1.93. The van der Waals surface area contributed by atoms with Crippen LogP contribution in [-0.2, 0) is 0 Å². The molecule has 0 saturated heterocycles. The summed E-state index contributed by atoms with van der Waals surface area (Å²) in [5.41, 5.74) is 0.769. The van der Waals surface area contributed by atoms with E-state index in [-0.39, 0.29) is 23.5 Å². The zero-order valence-corrected chi connectivity index (χ0v) is 11.3. The van der Waals surface area contributed by atoms with Crippen LogP contribution in [0.15, 0.2) is 30.5 Å². The molecule has 2 atom stereocenters. The molecule has 2 aliphatic rings. The Morgan fingerprint density at radius 3 is 2.52 bits per heavy atom. The molecule has 21 heavy (non-hydrogen) atoms. The number of nitro benzene ring substituents is 1. The minimum Gasteiger partial charge on any atom is -0.758 e. The van der Waals surface area contributed by atoms with Crippen LogP contribution in [0, 0.1) is 20.2 Å².